The van der Waals surface area contributed by atoms with Crippen molar-refractivity contribution in [3.8, 4) is 0 Å². The van der Waals surface area contributed by atoms with E-state index >= 15 is 0 Å². The largest absolute Gasteiger partial charge is 0.478 e. The maximum atomic E-state index is 11.3. The Balaban J connectivity index is 2.99. The molecule has 1 heterocycles. The van der Waals surface area contributed by atoms with Crippen molar-refractivity contribution in [2.75, 3.05) is 0 Å². The van der Waals surface area contributed by atoms with Crippen LogP contribution < -0.4 is 0 Å². The van der Waals surface area contributed by atoms with E-state index in [0.717, 1.165) is 28.4 Å². The van der Waals surface area contributed by atoms with Gasteiger partial charge in [-0.2, -0.15) is 0 Å². The first-order chi connectivity index (χ1) is 8.88. The fourth-order valence-corrected chi connectivity index (χ4v) is 2.49. The molecule has 0 saturated heterocycles. The van der Waals surface area contributed by atoms with Gasteiger partial charge >= 0.3 is 5.97 Å². The molecule has 19 heavy (non-hydrogen) atoms. The lowest BCUT2D eigenvalue weighted by Gasteiger charge is -2.11. The predicted molar refractivity (Wildman–Crippen MR) is 74.1 cm³/mol. The molecule has 0 fully saturated rings. The van der Waals surface area contributed by atoms with Gasteiger partial charge in [-0.1, -0.05) is 13.8 Å². The highest BCUT2D eigenvalue weighted by Gasteiger charge is 2.19. The van der Waals surface area contributed by atoms with Gasteiger partial charge in [0.1, 0.15) is 0 Å². The highest BCUT2D eigenvalue weighted by molar-refractivity contribution is 6.04. The molecule has 0 saturated carbocycles. The van der Waals surface area contributed by atoms with E-state index in [9.17, 15) is 14.7 Å². The maximum absolute atomic E-state index is 11.3. The highest BCUT2D eigenvalue weighted by Crippen LogP contribution is 2.32. The summed E-state index contributed by atoms with van der Waals surface area (Å²) in [6.45, 7) is 5.90. The molecule has 100 valence electrons. The summed E-state index contributed by atoms with van der Waals surface area (Å²) in [5.41, 5.74) is 3.55. The van der Waals surface area contributed by atoms with Crippen LogP contribution in [0.3, 0.4) is 0 Å². The number of aromatic carboxylic acids is 1. The van der Waals surface area contributed by atoms with Crippen molar-refractivity contribution in [1.29, 1.82) is 0 Å². The van der Waals surface area contributed by atoms with Crippen molar-refractivity contribution in [2.24, 2.45) is 7.05 Å². The summed E-state index contributed by atoms with van der Waals surface area (Å²) in [4.78, 5) is 22.5. The summed E-state index contributed by atoms with van der Waals surface area (Å²) in [7, 11) is 1.90. The van der Waals surface area contributed by atoms with Crippen LogP contribution in [0.15, 0.2) is 12.1 Å². The number of hydrogen-bond acceptors (Lipinski definition) is 2. The van der Waals surface area contributed by atoms with E-state index in [1.165, 1.54) is 0 Å². The van der Waals surface area contributed by atoms with Crippen LogP contribution in [0.1, 0.15) is 51.7 Å². The number of carboxylic acid groups (broad SMARTS) is 1. The molecule has 0 radical (unpaired) electrons. The van der Waals surface area contributed by atoms with Crippen LogP contribution in [0, 0.1) is 6.92 Å². The molecule has 2 rings (SSSR count). The minimum Gasteiger partial charge on any atom is -0.478 e. The maximum Gasteiger partial charge on any atom is 0.335 e. The smallest absolute Gasteiger partial charge is 0.335 e. The zero-order valence-corrected chi connectivity index (χ0v) is 11.5. The van der Waals surface area contributed by atoms with Gasteiger partial charge in [0.15, 0.2) is 6.29 Å². The number of nitrogens with zero attached hydrogens (tertiary/aromatic N) is 1. The van der Waals surface area contributed by atoms with E-state index in [4.69, 9.17) is 0 Å². The van der Waals surface area contributed by atoms with Crippen LogP contribution in [0.25, 0.3) is 10.9 Å². The number of aromatic nitrogens is 1. The molecule has 2 aromatic rings. The molecule has 0 unspecified atom stereocenters. The minimum absolute atomic E-state index is 0.189. The van der Waals surface area contributed by atoms with E-state index < -0.39 is 5.97 Å². The summed E-state index contributed by atoms with van der Waals surface area (Å²) in [5, 5.41) is 9.92. The lowest BCUT2D eigenvalue weighted by atomic mass is 9.96. The number of hydrogen-bond donors (Lipinski definition) is 1. The number of benzene rings is 1. The van der Waals surface area contributed by atoms with Crippen molar-refractivity contribution in [3.05, 3.63) is 34.5 Å². The lowest BCUT2D eigenvalue weighted by molar-refractivity contribution is 0.0696. The Labute approximate surface area is 111 Å². The molecule has 4 heteroatoms. The van der Waals surface area contributed by atoms with Crippen LogP contribution in [-0.2, 0) is 7.05 Å². The summed E-state index contributed by atoms with van der Waals surface area (Å²) in [6, 6.07) is 3.28. The predicted octanol–water partition coefficient (Wildman–Crippen LogP) is 3.12. The normalized spacial score (nSPS) is 11.2. The Bertz CT molecular complexity index is 680. The Morgan fingerprint density at radius 2 is 2.00 bits per heavy atom. The molecular formula is C15H17NO3. The Kier molecular flexibility index (Phi) is 3.18. The number of carbonyl (C=O) groups is 2. The fourth-order valence-electron chi connectivity index (χ4n) is 2.49. The molecule has 1 aromatic heterocycles. The van der Waals surface area contributed by atoms with Gasteiger partial charge in [0.25, 0.3) is 0 Å². The zero-order valence-electron chi connectivity index (χ0n) is 11.5. The van der Waals surface area contributed by atoms with Gasteiger partial charge in [-0.25, -0.2) is 4.79 Å². The van der Waals surface area contributed by atoms with Crippen LogP contribution >= 0.6 is 0 Å². The second-order valence-corrected chi connectivity index (χ2v) is 5.10. The van der Waals surface area contributed by atoms with E-state index in [-0.39, 0.29) is 11.5 Å². The van der Waals surface area contributed by atoms with E-state index in [2.05, 4.69) is 0 Å². The fraction of sp³-hybridized carbons (Fsp3) is 0.333. The first-order valence-electron chi connectivity index (χ1n) is 6.19. The number of carbonyl (C=O) groups excluding carboxylic acids is 1. The number of aryl methyl sites for hydroxylation is 1. The van der Waals surface area contributed by atoms with Gasteiger partial charge < -0.3 is 9.67 Å². The average molecular weight is 259 g/mol. The first kappa shape index (κ1) is 13.3. The van der Waals surface area contributed by atoms with Gasteiger partial charge in [-0.3, -0.25) is 4.79 Å². The van der Waals surface area contributed by atoms with Crippen molar-refractivity contribution in [1.82, 2.24) is 4.57 Å². The van der Waals surface area contributed by atoms with E-state index in [1.54, 1.807) is 12.1 Å². The number of fused-ring (bicyclic) bond motifs is 1. The van der Waals surface area contributed by atoms with Gasteiger partial charge in [-0.05, 0) is 30.5 Å². The Morgan fingerprint density at radius 3 is 2.47 bits per heavy atom. The third-order valence-corrected chi connectivity index (χ3v) is 3.64. The van der Waals surface area contributed by atoms with Crippen molar-refractivity contribution in [3.63, 3.8) is 0 Å². The van der Waals surface area contributed by atoms with E-state index in [1.807, 2.05) is 32.4 Å². The molecule has 0 aliphatic heterocycles. The molecule has 0 atom stereocenters. The van der Waals surface area contributed by atoms with Crippen LogP contribution in [-0.4, -0.2) is 21.9 Å². The topological polar surface area (TPSA) is 59.3 Å². The summed E-state index contributed by atoms with van der Waals surface area (Å²) in [6.07, 6.45) is 0.799. The summed E-state index contributed by atoms with van der Waals surface area (Å²) < 4.78 is 1.96. The number of carboxylic acids is 1. The molecule has 0 spiro atoms. The quantitative estimate of drug-likeness (QED) is 0.861. The highest BCUT2D eigenvalue weighted by atomic mass is 16.4. The average Bonchev–Trinajstić information content (AvgIpc) is 2.60. The molecule has 4 nitrogen and oxygen atoms in total. The number of aldehydes is 1. The van der Waals surface area contributed by atoms with Gasteiger partial charge in [0.2, 0.25) is 0 Å². The van der Waals surface area contributed by atoms with E-state index in [0.29, 0.717) is 5.56 Å². The molecule has 0 aliphatic rings. The van der Waals surface area contributed by atoms with Gasteiger partial charge in [0.05, 0.1) is 11.1 Å². The van der Waals surface area contributed by atoms with Crippen molar-refractivity contribution >= 4 is 23.2 Å². The Hall–Kier alpha value is -2.10. The van der Waals surface area contributed by atoms with Crippen LogP contribution in [0.4, 0.5) is 0 Å². The van der Waals surface area contributed by atoms with Crippen LogP contribution in [0.5, 0.6) is 0 Å². The van der Waals surface area contributed by atoms with Gasteiger partial charge in [0, 0.05) is 23.7 Å². The molecule has 0 bridgehead atoms. The molecule has 1 N–H and O–H groups in total. The van der Waals surface area contributed by atoms with Crippen molar-refractivity contribution in [2.45, 2.75) is 26.7 Å². The number of rotatable bonds is 3. The molecular weight excluding hydrogens is 242 g/mol. The summed E-state index contributed by atoms with van der Waals surface area (Å²) in [5.74, 6) is -0.781. The minimum atomic E-state index is -0.970. The zero-order chi connectivity index (χ0) is 14.3. The third kappa shape index (κ3) is 1.93. The van der Waals surface area contributed by atoms with Gasteiger partial charge in [-0.15, -0.1) is 0 Å². The van der Waals surface area contributed by atoms with Crippen LogP contribution in [0.2, 0.25) is 0 Å². The lowest BCUT2D eigenvalue weighted by Crippen LogP contribution is -2.01. The second kappa shape index (κ2) is 4.53. The third-order valence-electron chi connectivity index (χ3n) is 3.64. The Morgan fingerprint density at radius 1 is 1.37 bits per heavy atom. The second-order valence-electron chi connectivity index (χ2n) is 5.10. The monoisotopic (exact) mass is 259 g/mol. The van der Waals surface area contributed by atoms with Crippen molar-refractivity contribution < 1.29 is 14.7 Å². The SMILES string of the molecule is Cc1c(C=O)c2cc(C(=O)O)cc(C(C)C)c2n1C. The molecule has 1 aromatic carbocycles. The standard InChI is InChI=1S/C15H17NO3/c1-8(2)11-5-10(15(18)19)6-12-13(7-17)9(3)16(4)14(11)12/h5-8H,1-4H3,(H,18,19). The molecule has 0 aliphatic carbocycles. The summed E-state index contributed by atoms with van der Waals surface area (Å²) >= 11 is 0. The first-order valence-corrected chi connectivity index (χ1v) is 6.19. The molecule has 0 amide bonds.